The summed E-state index contributed by atoms with van der Waals surface area (Å²) in [5, 5.41) is 4.41. The van der Waals surface area contributed by atoms with Gasteiger partial charge in [-0.3, -0.25) is 4.79 Å². The van der Waals surface area contributed by atoms with Crippen molar-refractivity contribution in [3.63, 3.8) is 0 Å². The first-order valence-electron chi connectivity index (χ1n) is 13.3. The molecule has 3 aromatic rings. The number of H-pyrrole nitrogens is 1. The number of amides is 1. The Kier molecular flexibility index (Phi) is 10.2. The molecule has 6 heteroatoms. The summed E-state index contributed by atoms with van der Waals surface area (Å²) < 4.78 is 11.0. The van der Waals surface area contributed by atoms with Crippen molar-refractivity contribution in [2.24, 2.45) is 0 Å². The third kappa shape index (κ3) is 6.61. The van der Waals surface area contributed by atoms with Gasteiger partial charge >= 0.3 is 0 Å². The molecule has 1 aromatic heterocycles. The molecule has 1 amide bonds. The van der Waals surface area contributed by atoms with E-state index >= 15 is 0 Å². The van der Waals surface area contributed by atoms with Gasteiger partial charge in [-0.15, -0.1) is 0 Å². The highest BCUT2D eigenvalue weighted by Crippen LogP contribution is 2.38. The van der Waals surface area contributed by atoms with E-state index in [1.807, 2.05) is 18.2 Å². The number of hydrogen-bond acceptors (Lipinski definition) is 4. The largest absolute Gasteiger partial charge is 0.493 e. The predicted octanol–water partition coefficient (Wildman–Crippen LogP) is 5.90. The molecular weight excluding hydrogens is 450 g/mol. The molecule has 0 bridgehead atoms. The van der Waals surface area contributed by atoms with Gasteiger partial charge in [0.25, 0.3) is 0 Å². The lowest BCUT2D eigenvalue weighted by atomic mass is 9.87. The molecule has 2 atom stereocenters. The Morgan fingerprint density at radius 1 is 1.06 bits per heavy atom. The second kappa shape index (κ2) is 13.4. The van der Waals surface area contributed by atoms with Crippen LogP contribution in [0.2, 0.25) is 0 Å². The Balaban J connectivity index is 1.85. The van der Waals surface area contributed by atoms with Crippen LogP contribution in [-0.4, -0.2) is 55.7 Å². The molecule has 0 spiro atoms. The minimum absolute atomic E-state index is 0.0612. The van der Waals surface area contributed by atoms with E-state index in [0.717, 1.165) is 60.9 Å². The summed E-state index contributed by atoms with van der Waals surface area (Å²) in [7, 11) is 3.28. The number of methoxy groups -OCH3 is 2. The molecule has 6 nitrogen and oxygen atoms in total. The fraction of sp³-hybridized carbons (Fsp3) is 0.500. The van der Waals surface area contributed by atoms with Crippen molar-refractivity contribution < 1.29 is 14.3 Å². The lowest BCUT2D eigenvalue weighted by molar-refractivity contribution is -0.121. The van der Waals surface area contributed by atoms with Crippen molar-refractivity contribution in [3.8, 4) is 11.5 Å². The van der Waals surface area contributed by atoms with Crippen LogP contribution in [0.25, 0.3) is 10.9 Å². The third-order valence-corrected chi connectivity index (χ3v) is 7.20. The van der Waals surface area contributed by atoms with Crippen LogP contribution in [0, 0.1) is 0 Å². The summed E-state index contributed by atoms with van der Waals surface area (Å²) >= 11 is 0. The summed E-state index contributed by atoms with van der Waals surface area (Å²) in [6.07, 6.45) is 5.41. The van der Waals surface area contributed by atoms with Crippen LogP contribution in [0.1, 0.15) is 69.6 Å². The van der Waals surface area contributed by atoms with E-state index in [4.69, 9.17) is 9.47 Å². The minimum Gasteiger partial charge on any atom is -0.493 e. The van der Waals surface area contributed by atoms with Gasteiger partial charge in [0, 0.05) is 35.5 Å². The number of nitrogens with zero attached hydrogens (tertiary/aromatic N) is 1. The molecule has 0 aliphatic rings. The minimum atomic E-state index is -0.117. The van der Waals surface area contributed by atoms with Gasteiger partial charge in [-0.05, 0) is 74.6 Å². The lowest BCUT2D eigenvalue weighted by Crippen LogP contribution is -2.34. The highest BCUT2D eigenvalue weighted by Gasteiger charge is 2.24. The highest BCUT2D eigenvalue weighted by molar-refractivity contribution is 5.88. The van der Waals surface area contributed by atoms with Gasteiger partial charge in [-0.1, -0.05) is 45.0 Å². The fourth-order valence-electron chi connectivity index (χ4n) is 5.05. The topological polar surface area (TPSA) is 66.6 Å². The van der Waals surface area contributed by atoms with Crippen LogP contribution in [0.3, 0.4) is 0 Å². The third-order valence-electron chi connectivity index (χ3n) is 7.20. The fourth-order valence-corrected chi connectivity index (χ4v) is 5.05. The molecule has 0 aliphatic heterocycles. The van der Waals surface area contributed by atoms with Gasteiger partial charge in [-0.25, -0.2) is 0 Å². The van der Waals surface area contributed by atoms with Gasteiger partial charge in [0.15, 0.2) is 11.5 Å². The van der Waals surface area contributed by atoms with Crippen LogP contribution in [0.15, 0.2) is 42.6 Å². The molecule has 0 radical (unpaired) electrons. The van der Waals surface area contributed by atoms with E-state index < -0.39 is 0 Å². The second-order valence-corrected chi connectivity index (χ2v) is 9.45. The van der Waals surface area contributed by atoms with E-state index in [-0.39, 0.29) is 17.9 Å². The highest BCUT2D eigenvalue weighted by atomic mass is 16.5. The van der Waals surface area contributed by atoms with Gasteiger partial charge < -0.3 is 24.7 Å². The Morgan fingerprint density at radius 2 is 1.81 bits per heavy atom. The summed E-state index contributed by atoms with van der Waals surface area (Å²) in [6, 6.07) is 12.5. The zero-order valence-corrected chi connectivity index (χ0v) is 22.8. The molecule has 36 heavy (non-hydrogen) atoms. The number of ether oxygens (including phenoxy) is 2. The molecule has 2 N–H and O–H groups in total. The number of aryl methyl sites for hydroxylation is 1. The molecule has 1 heterocycles. The van der Waals surface area contributed by atoms with Crippen molar-refractivity contribution >= 4 is 16.8 Å². The van der Waals surface area contributed by atoms with Crippen LogP contribution >= 0.6 is 0 Å². The Labute approximate surface area is 216 Å². The number of aromatic amines is 1. The van der Waals surface area contributed by atoms with Gasteiger partial charge in [0.05, 0.1) is 14.2 Å². The zero-order chi connectivity index (χ0) is 26.1. The number of aromatic nitrogens is 1. The van der Waals surface area contributed by atoms with Gasteiger partial charge in [-0.2, -0.15) is 0 Å². The average Bonchev–Trinajstić information content (AvgIpc) is 3.33. The molecule has 3 rings (SSSR count). The van der Waals surface area contributed by atoms with E-state index in [0.29, 0.717) is 17.9 Å². The molecule has 2 aromatic carbocycles. The monoisotopic (exact) mass is 493 g/mol. The first-order valence-corrected chi connectivity index (χ1v) is 13.3. The average molecular weight is 494 g/mol. The number of hydrogen-bond donors (Lipinski definition) is 2. The molecule has 0 saturated heterocycles. The maximum Gasteiger partial charge on any atom is 0.221 e. The second-order valence-electron chi connectivity index (χ2n) is 9.45. The van der Waals surface area contributed by atoms with E-state index in [1.165, 1.54) is 5.56 Å². The normalized spacial score (nSPS) is 13.1. The first kappa shape index (κ1) is 27.6. The number of fused-ring (bicyclic) bond motifs is 1. The summed E-state index contributed by atoms with van der Waals surface area (Å²) in [5.74, 6) is 1.29. The van der Waals surface area contributed by atoms with Crippen LogP contribution < -0.4 is 14.8 Å². The number of para-hydroxylation sites is 1. The molecule has 2 unspecified atom stereocenters. The van der Waals surface area contributed by atoms with Gasteiger partial charge in [0.1, 0.15) is 0 Å². The lowest BCUT2D eigenvalue weighted by Gasteiger charge is -2.22. The standard InChI is InChI=1S/C30H43N3O3/c1-7-22-13-10-14-24-26(20-31-30(22)24)25(23-15-16-27(35-5)28(18-23)36-6)19-29(34)32-21(4)12-11-17-33(8-2)9-3/h10,13-16,18,20-21,25,31H,7-9,11-12,17,19H2,1-6H3,(H,32,34). The quantitative estimate of drug-likeness (QED) is 0.294. The Morgan fingerprint density at radius 3 is 2.47 bits per heavy atom. The van der Waals surface area contributed by atoms with E-state index in [2.05, 4.69) is 67.3 Å². The smallest absolute Gasteiger partial charge is 0.221 e. The number of rotatable bonds is 14. The van der Waals surface area contributed by atoms with Crippen molar-refractivity contribution in [2.75, 3.05) is 33.9 Å². The van der Waals surface area contributed by atoms with Crippen molar-refractivity contribution in [2.45, 2.75) is 65.3 Å². The number of carbonyl (C=O) groups excluding carboxylic acids is 1. The molecule has 0 saturated carbocycles. The van der Waals surface area contributed by atoms with Crippen molar-refractivity contribution in [1.82, 2.24) is 15.2 Å². The SMILES string of the molecule is CCc1cccc2c(C(CC(=O)NC(C)CCCN(CC)CC)c3ccc(OC)c(OC)c3)c[nH]c12. The summed E-state index contributed by atoms with van der Waals surface area (Å²) in [6.45, 7) is 11.8. The Bertz CT molecular complexity index is 1120. The van der Waals surface area contributed by atoms with E-state index in [1.54, 1.807) is 14.2 Å². The van der Waals surface area contributed by atoms with Crippen molar-refractivity contribution in [1.29, 1.82) is 0 Å². The van der Waals surface area contributed by atoms with Crippen LogP contribution in [0.5, 0.6) is 11.5 Å². The van der Waals surface area contributed by atoms with E-state index in [9.17, 15) is 4.79 Å². The summed E-state index contributed by atoms with van der Waals surface area (Å²) in [4.78, 5) is 19.2. The van der Waals surface area contributed by atoms with Crippen LogP contribution in [-0.2, 0) is 11.2 Å². The molecular formula is C30H43N3O3. The van der Waals surface area contributed by atoms with Crippen LogP contribution in [0.4, 0.5) is 0 Å². The molecule has 196 valence electrons. The zero-order valence-electron chi connectivity index (χ0n) is 22.8. The molecule has 0 fully saturated rings. The number of benzene rings is 2. The van der Waals surface area contributed by atoms with Crippen molar-refractivity contribution in [3.05, 3.63) is 59.3 Å². The predicted molar refractivity (Wildman–Crippen MR) is 148 cm³/mol. The maximum absolute atomic E-state index is 13.3. The molecule has 0 aliphatic carbocycles. The van der Waals surface area contributed by atoms with Gasteiger partial charge in [0.2, 0.25) is 5.91 Å². The number of carbonyl (C=O) groups is 1. The first-order chi connectivity index (χ1) is 17.4. The maximum atomic E-state index is 13.3. The summed E-state index contributed by atoms with van der Waals surface area (Å²) in [5.41, 5.74) is 4.57. The Hall–Kier alpha value is -2.99. The number of nitrogens with one attached hydrogen (secondary N) is 2.